The average Bonchev–Trinajstić information content (AvgIpc) is 2.40. The van der Waals surface area contributed by atoms with Gasteiger partial charge in [0.15, 0.2) is 5.82 Å². The van der Waals surface area contributed by atoms with Gasteiger partial charge in [0.05, 0.1) is 10.7 Å². The lowest BCUT2D eigenvalue weighted by Gasteiger charge is -2.12. The van der Waals surface area contributed by atoms with E-state index in [0.29, 0.717) is 10.7 Å². The molecule has 11 heteroatoms. The number of carbonyl (C=O) groups excluding carboxylic acids is 1. The van der Waals surface area contributed by atoms with E-state index in [2.05, 4.69) is 25.6 Å². The minimum Gasteiger partial charge on any atom is -0.306 e. The summed E-state index contributed by atoms with van der Waals surface area (Å²) < 4.78 is -1.83. The summed E-state index contributed by atoms with van der Waals surface area (Å²) in [7, 11) is 0. The van der Waals surface area contributed by atoms with Crippen LogP contribution in [0.2, 0.25) is 10.0 Å². The molecule has 0 unspecified atom stereocenters. The number of aromatic nitrogens is 3. The van der Waals surface area contributed by atoms with Crippen LogP contribution >= 0.6 is 58.0 Å². The largest absolute Gasteiger partial charge is 0.326 e. The van der Waals surface area contributed by atoms with Gasteiger partial charge in [-0.25, -0.2) is 9.78 Å². The number of rotatable bonds is 2. The summed E-state index contributed by atoms with van der Waals surface area (Å²) in [5.74, 6) is 0.109. The molecule has 1 aromatic heterocycles. The highest BCUT2D eigenvalue weighted by atomic mass is 35.6. The van der Waals surface area contributed by atoms with Crippen LogP contribution in [0.4, 0.5) is 16.4 Å². The molecule has 0 bridgehead atoms. The van der Waals surface area contributed by atoms with Crippen molar-refractivity contribution in [3.8, 4) is 0 Å². The lowest BCUT2D eigenvalue weighted by molar-refractivity contribution is 0.262. The van der Waals surface area contributed by atoms with E-state index in [0.717, 1.165) is 0 Å². The Morgan fingerprint density at radius 2 is 1.78 bits per heavy atom. The number of halogens is 5. The third-order valence-electron chi connectivity index (χ3n) is 2.41. The van der Waals surface area contributed by atoms with E-state index in [9.17, 15) is 4.79 Å². The minimum atomic E-state index is -1.83. The first-order valence-corrected chi connectivity index (χ1v) is 7.87. The van der Waals surface area contributed by atoms with Crippen molar-refractivity contribution in [3.63, 3.8) is 0 Å². The second-order valence-electron chi connectivity index (χ2n) is 4.23. The third-order valence-corrected chi connectivity index (χ3v) is 3.46. The highest BCUT2D eigenvalue weighted by molar-refractivity contribution is 6.66. The maximum absolute atomic E-state index is 12.0. The van der Waals surface area contributed by atoms with E-state index in [1.807, 2.05) is 0 Å². The summed E-state index contributed by atoms with van der Waals surface area (Å²) in [6, 6.07) is 3.99. The van der Waals surface area contributed by atoms with Crippen molar-refractivity contribution in [1.82, 2.24) is 15.0 Å². The van der Waals surface area contributed by atoms with Crippen LogP contribution in [0.15, 0.2) is 18.2 Å². The van der Waals surface area contributed by atoms with Crippen LogP contribution in [-0.2, 0) is 3.79 Å². The predicted octanol–water partition coefficient (Wildman–Crippen LogP) is 4.96. The predicted molar refractivity (Wildman–Crippen MR) is 92.9 cm³/mol. The smallest absolute Gasteiger partial charge is 0.306 e. The van der Waals surface area contributed by atoms with Gasteiger partial charge in [-0.15, -0.1) is 0 Å². The Morgan fingerprint density at radius 1 is 1.09 bits per heavy atom. The third kappa shape index (κ3) is 5.22. The molecule has 0 spiro atoms. The van der Waals surface area contributed by atoms with E-state index < -0.39 is 9.82 Å². The van der Waals surface area contributed by atoms with Crippen molar-refractivity contribution < 1.29 is 4.79 Å². The van der Waals surface area contributed by atoms with E-state index in [4.69, 9.17) is 58.0 Å². The molecule has 0 aliphatic carbocycles. The number of amides is 2. The molecule has 0 fully saturated rings. The highest BCUT2D eigenvalue weighted by Gasteiger charge is 2.28. The van der Waals surface area contributed by atoms with Gasteiger partial charge in [0.2, 0.25) is 9.74 Å². The highest BCUT2D eigenvalue weighted by Crippen LogP contribution is 2.36. The van der Waals surface area contributed by atoms with Gasteiger partial charge in [0, 0.05) is 5.02 Å². The van der Waals surface area contributed by atoms with Gasteiger partial charge in [-0.1, -0.05) is 58.0 Å². The quantitative estimate of drug-likeness (QED) is 0.680. The number of benzene rings is 1. The minimum absolute atomic E-state index is 0.0681. The van der Waals surface area contributed by atoms with E-state index in [-0.39, 0.29) is 22.6 Å². The number of nitrogens with zero attached hydrogens (tertiary/aromatic N) is 3. The zero-order valence-corrected chi connectivity index (χ0v) is 15.2. The molecule has 0 atom stereocenters. The summed E-state index contributed by atoms with van der Waals surface area (Å²) in [6.07, 6.45) is 0. The second kappa shape index (κ2) is 7.23. The van der Waals surface area contributed by atoms with Gasteiger partial charge < -0.3 is 5.32 Å². The normalized spacial score (nSPS) is 11.2. The van der Waals surface area contributed by atoms with Gasteiger partial charge in [-0.2, -0.15) is 9.97 Å². The van der Waals surface area contributed by atoms with Gasteiger partial charge in [-0.3, -0.25) is 5.32 Å². The molecular formula is C12H8Cl5N5O. The molecule has 1 aromatic carbocycles. The van der Waals surface area contributed by atoms with Crippen LogP contribution in [0.1, 0.15) is 11.6 Å². The molecule has 122 valence electrons. The summed E-state index contributed by atoms with van der Waals surface area (Å²) in [6.45, 7) is 1.57. The van der Waals surface area contributed by atoms with Gasteiger partial charge in [0.1, 0.15) is 5.82 Å². The molecule has 6 nitrogen and oxygen atoms in total. The maximum Gasteiger partial charge on any atom is 0.326 e. The molecule has 0 saturated heterocycles. The lowest BCUT2D eigenvalue weighted by atomic mass is 10.3. The first-order valence-electron chi connectivity index (χ1n) is 5.98. The number of carbonyl (C=O) groups is 1. The Labute approximate surface area is 156 Å². The van der Waals surface area contributed by atoms with Crippen molar-refractivity contribution in [2.75, 3.05) is 10.6 Å². The van der Waals surface area contributed by atoms with Gasteiger partial charge in [0.25, 0.3) is 0 Å². The van der Waals surface area contributed by atoms with Crippen molar-refractivity contribution in [1.29, 1.82) is 0 Å². The van der Waals surface area contributed by atoms with Crippen molar-refractivity contribution in [2.45, 2.75) is 10.7 Å². The zero-order chi connectivity index (χ0) is 17.2. The molecule has 1 heterocycles. The average molecular weight is 415 g/mol. The molecular weight excluding hydrogens is 407 g/mol. The van der Waals surface area contributed by atoms with Crippen LogP contribution < -0.4 is 10.6 Å². The number of nitrogens with one attached hydrogen (secondary N) is 2. The van der Waals surface area contributed by atoms with Crippen molar-refractivity contribution in [3.05, 3.63) is 39.9 Å². The molecule has 2 rings (SSSR count). The molecule has 0 saturated carbocycles. The van der Waals surface area contributed by atoms with Gasteiger partial charge in [-0.05, 0) is 25.1 Å². The molecule has 0 aliphatic rings. The molecule has 0 radical (unpaired) electrons. The SMILES string of the molecule is Cc1nc(NC(=O)Nc2ccc(Cl)cc2Cl)nc(C(Cl)(Cl)Cl)n1. The number of hydrogen-bond donors (Lipinski definition) is 2. The fourth-order valence-electron chi connectivity index (χ4n) is 1.51. The fraction of sp³-hybridized carbons (Fsp3) is 0.167. The summed E-state index contributed by atoms with van der Waals surface area (Å²) in [5.41, 5.74) is 0.362. The Hall–Kier alpha value is -1.05. The molecule has 2 N–H and O–H groups in total. The van der Waals surface area contributed by atoms with Crippen LogP contribution in [0.25, 0.3) is 0 Å². The number of urea groups is 1. The maximum atomic E-state index is 12.0. The summed E-state index contributed by atoms with van der Waals surface area (Å²) in [5, 5.41) is 5.65. The molecule has 2 amide bonds. The summed E-state index contributed by atoms with van der Waals surface area (Å²) >= 11 is 28.9. The topological polar surface area (TPSA) is 79.8 Å². The first-order chi connectivity index (χ1) is 10.6. The Morgan fingerprint density at radius 3 is 2.39 bits per heavy atom. The molecule has 2 aromatic rings. The van der Waals surface area contributed by atoms with Crippen LogP contribution in [0, 0.1) is 6.92 Å². The zero-order valence-electron chi connectivity index (χ0n) is 11.4. The Bertz CT molecular complexity index is 749. The Balaban J connectivity index is 2.15. The van der Waals surface area contributed by atoms with E-state index >= 15 is 0 Å². The van der Waals surface area contributed by atoms with Crippen LogP contribution in [0.3, 0.4) is 0 Å². The van der Waals surface area contributed by atoms with Crippen molar-refractivity contribution in [2.24, 2.45) is 0 Å². The van der Waals surface area contributed by atoms with E-state index in [1.54, 1.807) is 19.1 Å². The number of hydrogen-bond acceptors (Lipinski definition) is 4. The second-order valence-corrected chi connectivity index (χ2v) is 7.36. The van der Waals surface area contributed by atoms with Crippen LogP contribution in [0.5, 0.6) is 0 Å². The van der Waals surface area contributed by atoms with Gasteiger partial charge >= 0.3 is 6.03 Å². The number of anilines is 2. The van der Waals surface area contributed by atoms with Crippen LogP contribution in [-0.4, -0.2) is 21.0 Å². The summed E-state index contributed by atoms with van der Waals surface area (Å²) in [4.78, 5) is 23.7. The number of aryl methyl sites for hydroxylation is 1. The first kappa shape index (κ1) is 18.3. The number of alkyl halides is 3. The molecule has 23 heavy (non-hydrogen) atoms. The van der Waals surface area contributed by atoms with E-state index in [1.165, 1.54) is 6.07 Å². The standard InChI is InChI=1S/C12H8Cl5N5O/c1-5-18-9(12(15,16)17)21-10(19-5)22-11(23)20-8-3-2-6(13)4-7(8)14/h2-4H,1H3,(H2,18,19,20,21,22,23). The Kier molecular flexibility index (Phi) is 5.75. The molecule has 0 aliphatic heterocycles. The monoisotopic (exact) mass is 413 g/mol. The van der Waals surface area contributed by atoms with Crippen molar-refractivity contribution >= 4 is 75.7 Å². The lowest BCUT2D eigenvalue weighted by Crippen LogP contribution is -2.23. The fourth-order valence-corrected chi connectivity index (χ4v) is 2.22.